The van der Waals surface area contributed by atoms with Crippen molar-refractivity contribution in [3.63, 3.8) is 0 Å². The zero-order valence-electron chi connectivity index (χ0n) is 12.9. The van der Waals surface area contributed by atoms with Gasteiger partial charge in [0.1, 0.15) is 0 Å². The minimum atomic E-state index is -0.537. The van der Waals surface area contributed by atoms with Crippen LogP contribution in [0.25, 0.3) is 0 Å². The molecule has 0 heterocycles. The molecule has 0 bridgehead atoms. The maximum Gasteiger partial charge on any atom is 0.249 e. The molecule has 2 aromatic carbocycles. The SMILES string of the molecule is COc1cc(C(N)=O)c(Cc2ccccc2)c(OC)c1OC. The number of hydrogen-bond acceptors (Lipinski definition) is 4. The van der Waals surface area contributed by atoms with Crippen LogP contribution in [-0.2, 0) is 6.42 Å². The first kappa shape index (κ1) is 15.7. The van der Waals surface area contributed by atoms with Crippen molar-refractivity contribution in [1.82, 2.24) is 0 Å². The number of amides is 1. The van der Waals surface area contributed by atoms with Gasteiger partial charge in [-0.25, -0.2) is 0 Å². The average molecular weight is 301 g/mol. The summed E-state index contributed by atoms with van der Waals surface area (Å²) in [6.07, 6.45) is 0.503. The summed E-state index contributed by atoms with van der Waals surface area (Å²) in [6, 6.07) is 11.3. The quantitative estimate of drug-likeness (QED) is 0.889. The Morgan fingerprint density at radius 1 is 1.00 bits per heavy atom. The third-order valence-electron chi connectivity index (χ3n) is 3.42. The van der Waals surface area contributed by atoms with E-state index in [2.05, 4.69) is 0 Å². The molecule has 0 saturated carbocycles. The molecule has 0 aliphatic carbocycles. The second kappa shape index (κ2) is 6.85. The number of carbonyl (C=O) groups excluding carboxylic acids is 1. The van der Waals surface area contributed by atoms with Crippen LogP contribution in [0.4, 0.5) is 0 Å². The summed E-state index contributed by atoms with van der Waals surface area (Å²) in [5.74, 6) is 0.774. The summed E-state index contributed by atoms with van der Waals surface area (Å²) < 4.78 is 16.1. The van der Waals surface area contributed by atoms with Crippen LogP contribution in [-0.4, -0.2) is 27.2 Å². The van der Waals surface area contributed by atoms with Crippen LogP contribution in [0.15, 0.2) is 36.4 Å². The summed E-state index contributed by atoms with van der Waals surface area (Å²) in [5.41, 5.74) is 7.59. The fourth-order valence-corrected chi connectivity index (χ4v) is 2.41. The second-order valence-corrected chi connectivity index (χ2v) is 4.70. The molecule has 0 aliphatic rings. The fraction of sp³-hybridized carbons (Fsp3) is 0.235. The summed E-state index contributed by atoms with van der Waals surface area (Å²) in [5, 5.41) is 0. The number of methoxy groups -OCH3 is 3. The first-order valence-electron chi connectivity index (χ1n) is 6.78. The highest BCUT2D eigenvalue weighted by Crippen LogP contribution is 2.42. The normalized spacial score (nSPS) is 10.1. The third-order valence-corrected chi connectivity index (χ3v) is 3.42. The van der Waals surface area contributed by atoms with Gasteiger partial charge in [0.2, 0.25) is 11.7 Å². The standard InChI is InChI=1S/C17H19NO4/c1-20-14-10-13(17(18)19)12(15(21-2)16(14)22-3)9-11-7-5-4-6-8-11/h4-8,10H,9H2,1-3H3,(H2,18,19). The average Bonchev–Trinajstić information content (AvgIpc) is 2.54. The van der Waals surface area contributed by atoms with Gasteiger partial charge in [0.25, 0.3) is 0 Å². The Hall–Kier alpha value is -2.69. The molecule has 0 atom stereocenters. The van der Waals surface area contributed by atoms with Gasteiger partial charge < -0.3 is 19.9 Å². The zero-order chi connectivity index (χ0) is 16.1. The number of benzene rings is 2. The Bertz CT molecular complexity index is 668. The Kier molecular flexibility index (Phi) is 4.88. The lowest BCUT2D eigenvalue weighted by atomic mass is 9.97. The maximum absolute atomic E-state index is 11.8. The van der Waals surface area contributed by atoms with E-state index < -0.39 is 5.91 Å². The fourth-order valence-electron chi connectivity index (χ4n) is 2.41. The van der Waals surface area contributed by atoms with Crippen molar-refractivity contribution in [2.45, 2.75) is 6.42 Å². The number of primary amides is 1. The molecule has 2 aromatic rings. The largest absolute Gasteiger partial charge is 0.493 e. The Morgan fingerprint density at radius 2 is 1.64 bits per heavy atom. The molecule has 22 heavy (non-hydrogen) atoms. The lowest BCUT2D eigenvalue weighted by Gasteiger charge is -2.18. The van der Waals surface area contributed by atoms with E-state index in [1.165, 1.54) is 21.3 Å². The summed E-state index contributed by atoms with van der Waals surface area (Å²) >= 11 is 0. The van der Waals surface area contributed by atoms with E-state index in [1.807, 2.05) is 30.3 Å². The molecular formula is C17H19NO4. The molecule has 2 rings (SSSR count). The van der Waals surface area contributed by atoms with Crippen molar-refractivity contribution < 1.29 is 19.0 Å². The third kappa shape index (κ3) is 2.98. The lowest BCUT2D eigenvalue weighted by molar-refractivity contribution is 0.0998. The van der Waals surface area contributed by atoms with Crippen LogP contribution < -0.4 is 19.9 Å². The topological polar surface area (TPSA) is 70.8 Å². The highest BCUT2D eigenvalue weighted by molar-refractivity contribution is 5.96. The molecule has 5 nitrogen and oxygen atoms in total. The summed E-state index contributed by atoms with van der Waals surface area (Å²) in [7, 11) is 4.55. The molecule has 0 aromatic heterocycles. The highest BCUT2D eigenvalue weighted by atomic mass is 16.5. The van der Waals surface area contributed by atoms with Gasteiger partial charge in [-0.15, -0.1) is 0 Å². The van der Waals surface area contributed by atoms with E-state index in [1.54, 1.807) is 6.07 Å². The number of nitrogens with two attached hydrogens (primary N) is 1. The molecule has 116 valence electrons. The van der Waals surface area contributed by atoms with Crippen molar-refractivity contribution in [3.8, 4) is 17.2 Å². The molecule has 1 amide bonds. The Balaban J connectivity index is 2.65. The molecular weight excluding hydrogens is 282 g/mol. The van der Waals surface area contributed by atoms with Gasteiger partial charge in [-0.2, -0.15) is 0 Å². The first-order chi connectivity index (χ1) is 10.6. The minimum absolute atomic E-state index is 0.360. The maximum atomic E-state index is 11.8. The zero-order valence-corrected chi connectivity index (χ0v) is 12.9. The minimum Gasteiger partial charge on any atom is -0.493 e. The van der Waals surface area contributed by atoms with E-state index >= 15 is 0 Å². The highest BCUT2D eigenvalue weighted by Gasteiger charge is 2.23. The summed E-state index contributed by atoms with van der Waals surface area (Å²) in [4.78, 5) is 11.8. The van der Waals surface area contributed by atoms with E-state index in [4.69, 9.17) is 19.9 Å². The van der Waals surface area contributed by atoms with E-state index in [-0.39, 0.29) is 0 Å². The van der Waals surface area contributed by atoms with Gasteiger partial charge >= 0.3 is 0 Å². The molecule has 0 fully saturated rings. The molecule has 0 saturated heterocycles. The predicted molar refractivity (Wildman–Crippen MR) is 83.9 cm³/mol. The Morgan fingerprint density at radius 3 is 2.14 bits per heavy atom. The second-order valence-electron chi connectivity index (χ2n) is 4.70. The summed E-state index contributed by atoms with van der Waals surface area (Å²) in [6.45, 7) is 0. The molecule has 0 radical (unpaired) electrons. The van der Waals surface area contributed by atoms with Crippen LogP contribution in [0.1, 0.15) is 21.5 Å². The van der Waals surface area contributed by atoms with Crippen molar-refractivity contribution in [3.05, 3.63) is 53.1 Å². The van der Waals surface area contributed by atoms with Gasteiger partial charge in [0, 0.05) is 12.0 Å². The van der Waals surface area contributed by atoms with Gasteiger partial charge in [0.15, 0.2) is 11.5 Å². The van der Waals surface area contributed by atoms with Crippen LogP contribution in [0, 0.1) is 0 Å². The van der Waals surface area contributed by atoms with Crippen LogP contribution in [0.5, 0.6) is 17.2 Å². The van der Waals surface area contributed by atoms with Crippen LogP contribution in [0.2, 0.25) is 0 Å². The van der Waals surface area contributed by atoms with E-state index in [0.717, 1.165) is 5.56 Å². The van der Waals surface area contributed by atoms with E-state index in [0.29, 0.717) is 34.8 Å². The molecule has 2 N–H and O–H groups in total. The van der Waals surface area contributed by atoms with Gasteiger partial charge in [-0.05, 0) is 11.6 Å². The van der Waals surface area contributed by atoms with Crippen molar-refractivity contribution in [2.75, 3.05) is 21.3 Å². The number of rotatable bonds is 6. The monoisotopic (exact) mass is 301 g/mol. The van der Waals surface area contributed by atoms with Gasteiger partial charge in [0.05, 0.1) is 26.9 Å². The number of hydrogen-bond donors (Lipinski definition) is 1. The van der Waals surface area contributed by atoms with Crippen LogP contribution >= 0.6 is 0 Å². The van der Waals surface area contributed by atoms with Crippen molar-refractivity contribution >= 4 is 5.91 Å². The first-order valence-corrected chi connectivity index (χ1v) is 6.78. The van der Waals surface area contributed by atoms with Crippen molar-refractivity contribution in [1.29, 1.82) is 0 Å². The predicted octanol–water partition coefficient (Wildman–Crippen LogP) is 2.40. The van der Waals surface area contributed by atoms with Gasteiger partial charge in [-0.1, -0.05) is 30.3 Å². The van der Waals surface area contributed by atoms with Gasteiger partial charge in [-0.3, -0.25) is 4.79 Å². The Labute approximate surface area is 129 Å². The molecule has 0 spiro atoms. The molecule has 0 aliphatic heterocycles. The lowest BCUT2D eigenvalue weighted by Crippen LogP contribution is -2.16. The number of ether oxygens (including phenoxy) is 3. The molecule has 0 unspecified atom stereocenters. The van der Waals surface area contributed by atoms with Crippen molar-refractivity contribution in [2.24, 2.45) is 5.73 Å². The smallest absolute Gasteiger partial charge is 0.249 e. The van der Waals surface area contributed by atoms with E-state index in [9.17, 15) is 4.79 Å². The number of carbonyl (C=O) groups is 1. The molecule has 5 heteroatoms. The van der Waals surface area contributed by atoms with Crippen LogP contribution in [0.3, 0.4) is 0 Å².